The minimum Gasteiger partial charge on any atom is -0.534 e. The van der Waals surface area contributed by atoms with Gasteiger partial charge < -0.3 is 43.1 Å². The zero-order chi connectivity index (χ0) is 47.1. The molecule has 2 aliphatic rings. The van der Waals surface area contributed by atoms with Crippen molar-refractivity contribution in [3.63, 3.8) is 0 Å². The van der Waals surface area contributed by atoms with E-state index in [9.17, 15) is 24.0 Å². The molecule has 0 saturated heterocycles. The molecule has 0 unspecified atom stereocenters. The van der Waals surface area contributed by atoms with Crippen molar-refractivity contribution in [3.05, 3.63) is 118 Å². The number of nitrogens with one attached hydrogen (secondary N) is 1. The molecule has 1 amide bonds. The highest BCUT2D eigenvalue weighted by Gasteiger charge is 2.53. The summed E-state index contributed by atoms with van der Waals surface area (Å²) < 4.78 is 36.4. The van der Waals surface area contributed by atoms with Crippen LogP contribution in [0.4, 0.5) is 0 Å². The first-order valence-electron chi connectivity index (χ1n) is 22.4. The standard InChI is InChI=1S/C50H57N3O12Si/c1-6-36-37-28-33(65-66(49(3,4)5,34-14-10-8-11-15-34)35-16-12-9-13-17-35)18-19-41(37)52-46-38(36)31-53-42(46)29-40-39(47(53)58)32-63-48(59)50(40,7-2)64-45(57)30-51-43(54)20-22-60-24-26-62-27-25-61-23-21-44(55)56/h8-19,28-29H,6-7,20-27,30-32H2,1-5H3,(H,51,54)(H,55,56)/t50-/m0/s1. The van der Waals surface area contributed by atoms with Crippen molar-refractivity contribution < 1.29 is 52.4 Å². The highest BCUT2D eigenvalue weighted by molar-refractivity contribution is 7.00. The maximum Gasteiger partial charge on any atom is 0.355 e. The Labute approximate surface area is 384 Å². The predicted octanol–water partition coefficient (Wildman–Crippen LogP) is 5.16. The van der Waals surface area contributed by atoms with E-state index in [0.29, 0.717) is 17.8 Å². The van der Waals surface area contributed by atoms with Crippen molar-refractivity contribution in [2.75, 3.05) is 46.2 Å². The van der Waals surface area contributed by atoms with Crippen LogP contribution >= 0.6 is 0 Å². The summed E-state index contributed by atoms with van der Waals surface area (Å²) in [6, 6.07) is 28.6. The number of carbonyl (C=O) groups excluding carboxylic acids is 3. The molecule has 0 fully saturated rings. The molecule has 3 aromatic carbocycles. The zero-order valence-corrected chi connectivity index (χ0v) is 39.1. The average molecular weight is 920 g/mol. The van der Waals surface area contributed by atoms with Crippen LogP contribution in [0.5, 0.6) is 5.75 Å². The van der Waals surface area contributed by atoms with E-state index >= 15 is 0 Å². The van der Waals surface area contributed by atoms with Gasteiger partial charge in [0.25, 0.3) is 5.56 Å². The summed E-state index contributed by atoms with van der Waals surface area (Å²) in [6.45, 7) is 11.0. The molecule has 0 radical (unpaired) electrons. The van der Waals surface area contributed by atoms with E-state index in [1.165, 1.54) is 0 Å². The largest absolute Gasteiger partial charge is 0.534 e. The number of nitrogens with zero attached hydrogens (tertiary/aromatic N) is 2. The molecule has 0 bridgehead atoms. The van der Waals surface area contributed by atoms with Gasteiger partial charge >= 0.3 is 26.2 Å². The van der Waals surface area contributed by atoms with E-state index in [2.05, 4.69) is 87.6 Å². The number of carboxylic acids is 1. The molecule has 5 aromatic rings. The summed E-state index contributed by atoms with van der Waals surface area (Å²) >= 11 is 0. The molecule has 7 rings (SSSR count). The molecular weight excluding hydrogens is 863 g/mol. The fraction of sp³-hybridized carbons (Fsp3) is 0.400. The Morgan fingerprint density at radius 2 is 1.45 bits per heavy atom. The zero-order valence-electron chi connectivity index (χ0n) is 38.1. The van der Waals surface area contributed by atoms with Gasteiger partial charge in [-0.2, -0.15) is 0 Å². The number of carbonyl (C=O) groups is 4. The van der Waals surface area contributed by atoms with E-state index in [0.717, 1.165) is 38.2 Å². The highest BCUT2D eigenvalue weighted by Crippen LogP contribution is 2.43. The molecule has 2 aromatic heterocycles. The SMILES string of the molecule is CCc1c2c(nc3ccc(O[Si](c4ccccc4)(c4ccccc4)C(C)(C)C)cc13)-c1cc3c(c(=O)n1C2)COC(=O)[C@@]3(CC)OC(=O)CNC(=O)CCOCCOCCOCCC(=O)O. The van der Waals surface area contributed by atoms with Crippen LogP contribution < -0.4 is 25.7 Å². The lowest BCUT2D eigenvalue weighted by molar-refractivity contribution is -0.189. The number of cyclic esters (lactones) is 1. The number of pyridine rings is 2. The molecule has 0 saturated carbocycles. The first kappa shape index (κ1) is 47.8. The molecule has 16 heteroatoms. The van der Waals surface area contributed by atoms with E-state index in [1.54, 1.807) is 17.6 Å². The lowest BCUT2D eigenvalue weighted by atomic mass is 9.85. The van der Waals surface area contributed by atoms with Crippen LogP contribution in [0.1, 0.15) is 76.1 Å². The summed E-state index contributed by atoms with van der Waals surface area (Å²) in [4.78, 5) is 69.6. The number of amides is 1. The van der Waals surface area contributed by atoms with Crippen LogP contribution in [0.3, 0.4) is 0 Å². The second-order valence-electron chi connectivity index (χ2n) is 17.3. The van der Waals surface area contributed by atoms with Gasteiger partial charge in [0.2, 0.25) is 11.5 Å². The third-order valence-electron chi connectivity index (χ3n) is 12.2. The molecule has 4 heterocycles. The number of ether oxygens (including phenoxy) is 5. The number of hydrogen-bond acceptors (Lipinski definition) is 12. The maximum atomic E-state index is 14.4. The quantitative estimate of drug-likeness (QED) is 0.0548. The number of fused-ring (bicyclic) bond motifs is 5. The van der Waals surface area contributed by atoms with Gasteiger partial charge in [0.05, 0.1) is 75.1 Å². The van der Waals surface area contributed by atoms with Crippen molar-refractivity contribution in [1.29, 1.82) is 0 Å². The van der Waals surface area contributed by atoms with Crippen molar-refractivity contribution >= 4 is 53.4 Å². The summed E-state index contributed by atoms with van der Waals surface area (Å²) in [5, 5.41) is 14.1. The van der Waals surface area contributed by atoms with Crippen LogP contribution in [-0.4, -0.2) is 93.0 Å². The minimum absolute atomic E-state index is 0.0297. The Kier molecular flexibility index (Phi) is 14.9. The van der Waals surface area contributed by atoms with Crippen molar-refractivity contribution in [1.82, 2.24) is 14.9 Å². The van der Waals surface area contributed by atoms with Gasteiger partial charge in [-0.05, 0) is 58.1 Å². The second-order valence-corrected chi connectivity index (χ2v) is 21.5. The number of hydrogen-bond donors (Lipinski definition) is 2. The van der Waals surface area contributed by atoms with Gasteiger partial charge in [0, 0.05) is 22.9 Å². The second kappa shape index (κ2) is 20.5. The molecule has 1 atom stereocenters. The first-order chi connectivity index (χ1) is 31.7. The Morgan fingerprint density at radius 3 is 2.05 bits per heavy atom. The number of aryl methyl sites for hydroxylation is 1. The van der Waals surface area contributed by atoms with Gasteiger partial charge in [-0.3, -0.25) is 19.2 Å². The number of esters is 2. The molecule has 0 aliphatic carbocycles. The number of benzene rings is 3. The van der Waals surface area contributed by atoms with E-state index in [1.807, 2.05) is 24.3 Å². The lowest BCUT2D eigenvalue weighted by Gasteiger charge is -2.43. The summed E-state index contributed by atoms with van der Waals surface area (Å²) in [5.74, 6) is -2.38. The summed E-state index contributed by atoms with van der Waals surface area (Å²) in [6.07, 6.45) is 0.487. The van der Waals surface area contributed by atoms with Crippen LogP contribution in [0.15, 0.2) is 89.7 Å². The molecule has 15 nitrogen and oxygen atoms in total. The highest BCUT2D eigenvalue weighted by atomic mass is 28.4. The number of aliphatic carboxylic acids is 1. The number of aromatic nitrogens is 2. The predicted molar refractivity (Wildman–Crippen MR) is 248 cm³/mol. The van der Waals surface area contributed by atoms with Crippen molar-refractivity contribution in [2.24, 2.45) is 0 Å². The molecule has 2 N–H and O–H groups in total. The average Bonchev–Trinajstić information content (AvgIpc) is 3.67. The van der Waals surface area contributed by atoms with Gasteiger partial charge in [-0.1, -0.05) is 95.3 Å². The van der Waals surface area contributed by atoms with Crippen molar-refractivity contribution in [2.45, 2.75) is 84.1 Å². The third kappa shape index (κ3) is 9.68. The molecule has 0 spiro atoms. The summed E-state index contributed by atoms with van der Waals surface area (Å²) in [7, 11) is -2.95. The third-order valence-corrected chi connectivity index (χ3v) is 17.1. The number of rotatable bonds is 21. The van der Waals surface area contributed by atoms with E-state index in [-0.39, 0.29) is 93.8 Å². The fourth-order valence-electron chi connectivity index (χ4n) is 8.95. The van der Waals surface area contributed by atoms with Gasteiger partial charge in [0.15, 0.2) is 0 Å². The smallest absolute Gasteiger partial charge is 0.355 e. The Bertz CT molecular complexity index is 2610. The van der Waals surface area contributed by atoms with Gasteiger partial charge in [0.1, 0.15) is 18.9 Å². The minimum atomic E-state index is -2.95. The first-order valence-corrected chi connectivity index (χ1v) is 24.3. The van der Waals surface area contributed by atoms with E-state index < -0.39 is 44.3 Å². The normalized spacial score (nSPS) is 15.4. The van der Waals surface area contributed by atoms with Crippen LogP contribution in [0.25, 0.3) is 22.3 Å². The fourth-order valence-corrected chi connectivity index (χ4v) is 13.4. The maximum absolute atomic E-state index is 14.4. The van der Waals surface area contributed by atoms with Crippen LogP contribution in [-0.2, 0) is 68.0 Å². The monoisotopic (exact) mass is 919 g/mol. The molecule has 66 heavy (non-hydrogen) atoms. The lowest BCUT2D eigenvalue weighted by Crippen LogP contribution is -2.68. The summed E-state index contributed by atoms with van der Waals surface area (Å²) in [5.41, 5.74) is 1.89. The Hall–Kier alpha value is -6.20. The van der Waals surface area contributed by atoms with Crippen LogP contribution in [0.2, 0.25) is 5.04 Å². The number of carboxylic acid groups (broad SMARTS) is 1. The Morgan fingerprint density at radius 1 is 0.833 bits per heavy atom. The van der Waals surface area contributed by atoms with Gasteiger partial charge in [-0.25, -0.2) is 9.78 Å². The molecule has 348 valence electrons. The van der Waals surface area contributed by atoms with Crippen LogP contribution in [0, 0.1) is 0 Å². The van der Waals surface area contributed by atoms with Crippen molar-refractivity contribution in [3.8, 4) is 17.1 Å². The van der Waals surface area contributed by atoms with E-state index in [4.69, 9.17) is 38.2 Å². The topological polar surface area (TPSA) is 191 Å². The van der Waals surface area contributed by atoms with Gasteiger partial charge in [-0.15, -0.1) is 0 Å². The Balaban J connectivity index is 1.09. The molecule has 2 aliphatic heterocycles. The molecular formula is C50H57N3O12Si.